The van der Waals surface area contributed by atoms with Crippen molar-refractivity contribution in [3.63, 3.8) is 0 Å². The largest absolute Gasteiger partial charge is 0.466 e. The van der Waals surface area contributed by atoms with Gasteiger partial charge in [-0.05, 0) is 44.7 Å². The van der Waals surface area contributed by atoms with E-state index < -0.39 is 9.04 Å². The number of carbonyl (C=O) groups excluding carboxylic acids is 1. The maximum atomic E-state index is 11.5. The zero-order valence-corrected chi connectivity index (χ0v) is 16.5. The molecule has 128 valence electrons. The minimum atomic E-state index is -1.13. The van der Waals surface area contributed by atoms with E-state index in [1.54, 1.807) is 0 Å². The van der Waals surface area contributed by atoms with Crippen LogP contribution >= 0.6 is 0 Å². The molecule has 22 heavy (non-hydrogen) atoms. The monoisotopic (exact) mass is 327 g/mol. The molecule has 0 aromatic carbocycles. The van der Waals surface area contributed by atoms with E-state index in [9.17, 15) is 4.79 Å². The highest BCUT2D eigenvalue weighted by Gasteiger charge is 2.39. The topological polar surface area (TPSA) is 38.8 Å². The maximum Gasteiger partial charge on any atom is 0.309 e. The first-order chi connectivity index (χ1) is 10.1. The third-order valence-electron chi connectivity index (χ3n) is 4.25. The number of rotatable bonds is 6. The summed E-state index contributed by atoms with van der Waals surface area (Å²) in [6.07, 6.45) is 3.45. The highest BCUT2D eigenvalue weighted by atomic mass is 28.3. The Labute approximate surface area is 137 Å². The minimum absolute atomic E-state index is 0.155. The standard InChI is InChI=1S/C17H33NO3Si/c1-8-20-16(19)10-9-13(2)15-11-14(17(3,4)5)12-18(15)21-22(6)7/h9,14-15,22H,8,10-12H2,1-7H3. The molecule has 0 amide bonds. The molecule has 0 saturated carbocycles. The van der Waals surface area contributed by atoms with Gasteiger partial charge in [0.05, 0.1) is 19.1 Å². The molecule has 2 atom stereocenters. The summed E-state index contributed by atoms with van der Waals surface area (Å²) in [5.74, 6) is 0.453. The van der Waals surface area contributed by atoms with Gasteiger partial charge in [-0.1, -0.05) is 32.4 Å². The zero-order valence-electron chi connectivity index (χ0n) is 15.3. The molecule has 2 unspecified atom stereocenters. The third kappa shape index (κ3) is 5.86. The Kier molecular flexibility index (Phi) is 7.29. The smallest absolute Gasteiger partial charge is 0.309 e. The highest BCUT2D eigenvalue weighted by Crippen LogP contribution is 2.39. The third-order valence-corrected chi connectivity index (χ3v) is 4.94. The number of hydrogen-bond donors (Lipinski definition) is 0. The van der Waals surface area contributed by atoms with Crippen molar-refractivity contribution in [1.29, 1.82) is 0 Å². The molecule has 1 rings (SSSR count). The van der Waals surface area contributed by atoms with Crippen molar-refractivity contribution >= 4 is 15.0 Å². The van der Waals surface area contributed by atoms with E-state index in [1.807, 2.05) is 13.0 Å². The summed E-state index contributed by atoms with van der Waals surface area (Å²) in [5.41, 5.74) is 1.49. The van der Waals surface area contributed by atoms with Crippen LogP contribution in [-0.2, 0) is 14.1 Å². The number of ether oxygens (including phenoxy) is 1. The summed E-state index contributed by atoms with van der Waals surface area (Å²) < 4.78 is 11.1. The SMILES string of the molecule is CCOC(=O)CC=C(C)C1CC(C(C)(C)C)CN1O[SiH](C)C. The average Bonchev–Trinajstić information content (AvgIpc) is 2.79. The zero-order chi connectivity index (χ0) is 16.9. The van der Waals surface area contributed by atoms with Crippen LogP contribution in [-0.4, -0.2) is 39.3 Å². The molecule has 5 heteroatoms. The minimum Gasteiger partial charge on any atom is -0.466 e. The van der Waals surface area contributed by atoms with Crippen LogP contribution in [0.15, 0.2) is 11.6 Å². The van der Waals surface area contributed by atoms with Gasteiger partial charge in [0.15, 0.2) is 9.04 Å². The summed E-state index contributed by atoms with van der Waals surface area (Å²) in [6.45, 7) is 16.6. The number of nitrogens with zero attached hydrogens (tertiary/aromatic N) is 1. The van der Waals surface area contributed by atoms with Gasteiger partial charge in [0.1, 0.15) is 0 Å². The van der Waals surface area contributed by atoms with Crippen LogP contribution in [0, 0.1) is 11.3 Å². The lowest BCUT2D eigenvalue weighted by molar-refractivity contribution is -0.142. The number of carbonyl (C=O) groups is 1. The lowest BCUT2D eigenvalue weighted by atomic mass is 9.79. The molecule has 0 bridgehead atoms. The molecule has 1 saturated heterocycles. The molecule has 0 N–H and O–H groups in total. The van der Waals surface area contributed by atoms with Crippen molar-refractivity contribution < 1.29 is 14.1 Å². The van der Waals surface area contributed by atoms with Crippen molar-refractivity contribution in [3.05, 3.63) is 11.6 Å². The second-order valence-corrected chi connectivity index (χ2v) is 9.83. The Morgan fingerprint density at radius 3 is 2.50 bits per heavy atom. The van der Waals surface area contributed by atoms with Crippen molar-refractivity contribution in [1.82, 2.24) is 5.06 Å². The van der Waals surface area contributed by atoms with Gasteiger partial charge < -0.3 is 9.26 Å². The summed E-state index contributed by atoms with van der Waals surface area (Å²) in [6, 6.07) is 0.286. The van der Waals surface area contributed by atoms with Crippen LogP contribution in [0.2, 0.25) is 13.1 Å². The van der Waals surface area contributed by atoms with E-state index in [0.717, 1.165) is 13.0 Å². The number of esters is 1. The van der Waals surface area contributed by atoms with Crippen LogP contribution in [0.25, 0.3) is 0 Å². The van der Waals surface area contributed by atoms with Gasteiger partial charge >= 0.3 is 5.97 Å². The van der Waals surface area contributed by atoms with Crippen LogP contribution in [0.1, 0.15) is 47.5 Å². The average molecular weight is 328 g/mol. The van der Waals surface area contributed by atoms with E-state index >= 15 is 0 Å². The number of hydroxylamine groups is 2. The lowest BCUT2D eigenvalue weighted by Crippen LogP contribution is -2.35. The predicted octanol–water partition coefficient (Wildman–Crippen LogP) is 3.54. The molecule has 1 aliphatic heterocycles. The Bertz CT molecular complexity index is 401. The molecular weight excluding hydrogens is 294 g/mol. The van der Waals surface area contributed by atoms with E-state index in [2.05, 4.69) is 45.9 Å². The molecule has 0 spiro atoms. The van der Waals surface area contributed by atoms with Crippen molar-refractivity contribution in [2.75, 3.05) is 13.2 Å². The lowest BCUT2D eigenvalue weighted by Gasteiger charge is -2.28. The summed E-state index contributed by atoms with van der Waals surface area (Å²) in [7, 11) is -1.13. The Morgan fingerprint density at radius 2 is 2.00 bits per heavy atom. The molecule has 0 aromatic heterocycles. The second-order valence-electron chi connectivity index (χ2n) is 7.53. The Hall–Kier alpha value is -0.653. The first-order valence-electron chi connectivity index (χ1n) is 8.40. The van der Waals surface area contributed by atoms with E-state index in [0.29, 0.717) is 18.9 Å². The molecule has 1 fully saturated rings. The summed E-state index contributed by atoms with van der Waals surface area (Å²) >= 11 is 0. The predicted molar refractivity (Wildman–Crippen MR) is 93.0 cm³/mol. The Morgan fingerprint density at radius 1 is 1.36 bits per heavy atom. The molecule has 0 radical (unpaired) electrons. The van der Waals surface area contributed by atoms with Gasteiger partial charge in [-0.25, -0.2) is 0 Å². The van der Waals surface area contributed by atoms with Crippen LogP contribution in [0.4, 0.5) is 0 Å². The van der Waals surface area contributed by atoms with Gasteiger partial charge in [0.25, 0.3) is 0 Å². The molecule has 1 aliphatic rings. The van der Waals surface area contributed by atoms with E-state index in [4.69, 9.17) is 9.26 Å². The van der Waals surface area contributed by atoms with Crippen molar-refractivity contribution in [3.8, 4) is 0 Å². The van der Waals surface area contributed by atoms with Gasteiger partial charge in [0, 0.05) is 6.54 Å². The van der Waals surface area contributed by atoms with Gasteiger partial charge in [-0.15, -0.1) is 0 Å². The number of hydrogen-bond acceptors (Lipinski definition) is 4. The fourth-order valence-corrected chi connectivity index (χ4v) is 3.61. The maximum absolute atomic E-state index is 11.5. The fourth-order valence-electron chi connectivity index (χ4n) is 2.83. The molecule has 0 aliphatic carbocycles. The van der Waals surface area contributed by atoms with Crippen molar-refractivity contribution in [2.24, 2.45) is 11.3 Å². The van der Waals surface area contributed by atoms with Gasteiger partial charge in [-0.3, -0.25) is 4.79 Å². The summed E-state index contributed by atoms with van der Waals surface area (Å²) in [4.78, 5) is 11.5. The fraction of sp³-hybridized carbons (Fsp3) is 0.824. The quantitative estimate of drug-likeness (QED) is 0.425. The van der Waals surface area contributed by atoms with Crippen LogP contribution < -0.4 is 0 Å². The van der Waals surface area contributed by atoms with Gasteiger partial charge in [-0.2, -0.15) is 5.06 Å². The normalized spacial score (nSPS) is 24.1. The first kappa shape index (κ1) is 19.4. The van der Waals surface area contributed by atoms with Gasteiger partial charge in [0.2, 0.25) is 0 Å². The highest BCUT2D eigenvalue weighted by molar-refractivity contribution is 6.48. The van der Waals surface area contributed by atoms with E-state index in [-0.39, 0.29) is 17.4 Å². The second kappa shape index (κ2) is 8.27. The molecular formula is C17H33NO3Si. The molecule has 4 nitrogen and oxygen atoms in total. The van der Waals surface area contributed by atoms with Crippen LogP contribution in [0.5, 0.6) is 0 Å². The van der Waals surface area contributed by atoms with E-state index in [1.165, 1.54) is 5.57 Å². The van der Waals surface area contributed by atoms with Crippen LogP contribution in [0.3, 0.4) is 0 Å². The Balaban J connectivity index is 2.78. The summed E-state index contributed by atoms with van der Waals surface area (Å²) in [5, 5.41) is 2.17. The van der Waals surface area contributed by atoms with Crippen molar-refractivity contribution in [2.45, 2.75) is 66.6 Å². The molecule has 1 heterocycles. The molecule has 0 aromatic rings. The first-order valence-corrected chi connectivity index (χ1v) is 11.2.